The lowest BCUT2D eigenvalue weighted by atomic mass is 9.95. The van der Waals surface area contributed by atoms with E-state index >= 15 is 0 Å². The maximum atomic E-state index is 9.39. The Bertz CT molecular complexity index is 855. The molecule has 0 aliphatic heterocycles. The number of aromatic nitrogens is 3. The molecule has 0 saturated carbocycles. The number of furan rings is 1. The zero-order chi connectivity index (χ0) is 15.8. The monoisotopic (exact) mass is 312 g/mol. The number of hydrogen-bond acceptors (Lipinski definition) is 6. The molecule has 1 aliphatic rings. The zero-order valence-electron chi connectivity index (χ0n) is 13.2. The van der Waals surface area contributed by atoms with Gasteiger partial charge >= 0.3 is 0 Å². The van der Waals surface area contributed by atoms with Gasteiger partial charge in [0.05, 0.1) is 18.0 Å². The van der Waals surface area contributed by atoms with Gasteiger partial charge in [-0.2, -0.15) is 0 Å². The Balaban J connectivity index is 1.87. The molecule has 6 heteroatoms. The zero-order valence-corrected chi connectivity index (χ0v) is 13.2. The molecule has 1 atom stereocenters. The molecule has 3 aromatic rings. The highest BCUT2D eigenvalue weighted by molar-refractivity contribution is 6.04. The second-order valence-electron chi connectivity index (χ2n) is 6.09. The number of nitrogens with one attached hydrogen (secondary N) is 1. The minimum Gasteiger partial charge on any atom is -0.432 e. The van der Waals surface area contributed by atoms with E-state index in [9.17, 15) is 5.11 Å². The van der Waals surface area contributed by atoms with E-state index in [0.717, 1.165) is 35.9 Å². The summed E-state index contributed by atoms with van der Waals surface area (Å²) in [5.74, 6) is 0.617. The Morgan fingerprint density at radius 3 is 3.00 bits per heavy atom. The molecule has 2 N–H and O–H groups in total. The molecule has 0 fully saturated rings. The summed E-state index contributed by atoms with van der Waals surface area (Å²) in [7, 11) is 0. The third-order valence-corrected chi connectivity index (χ3v) is 4.58. The van der Waals surface area contributed by atoms with Crippen molar-refractivity contribution in [2.45, 2.75) is 45.1 Å². The van der Waals surface area contributed by atoms with E-state index in [0.29, 0.717) is 17.1 Å². The van der Waals surface area contributed by atoms with Crippen molar-refractivity contribution < 1.29 is 9.52 Å². The van der Waals surface area contributed by atoms with E-state index in [4.69, 9.17) is 9.40 Å². The molecular formula is C17H20N4O2. The molecule has 0 saturated heterocycles. The second-order valence-corrected chi connectivity index (χ2v) is 6.09. The molecule has 0 amide bonds. The number of rotatable bonds is 4. The van der Waals surface area contributed by atoms with Gasteiger partial charge in [0.2, 0.25) is 5.71 Å². The number of pyridine rings is 1. The number of hydrogen-bond donors (Lipinski definition) is 2. The lowest BCUT2D eigenvalue weighted by molar-refractivity contribution is 0.271. The van der Waals surface area contributed by atoms with Crippen LogP contribution in [0.25, 0.3) is 22.2 Å². The van der Waals surface area contributed by atoms with Crippen LogP contribution < -0.4 is 5.32 Å². The molecule has 6 nitrogen and oxygen atoms in total. The maximum absolute atomic E-state index is 9.39. The molecule has 23 heavy (non-hydrogen) atoms. The van der Waals surface area contributed by atoms with E-state index in [1.54, 1.807) is 0 Å². The van der Waals surface area contributed by atoms with Gasteiger partial charge in [-0.15, -0.1) is 0 Å². The van der Waals surface area contributed by atoms with Crippen molar-refractivity contribution in [2.24, 2.45) is 0 Å². The number of aliphatic hydroxyl groups excluding tert-OH is 1. The van der Waals surface area contributed by atoms with Crippen LogP contribution in [-0.2, 0) is 12.8 Å². The lowest BCUT2D eigenvalue weighted by Crippen LogP contribution is -2.23. The smallest absolute Gasteiger partial charge is 0.229 e. The SMILES string of the molecule is CCC(CO)Nc1ncnc2c1oc1nc3c(cc12)CCCC3. The largest absolute Gasteiger partial charge is 0.432 e. The van der Waals surface area contributed by atoms with Gasteiger partial charge in [-0.1, -0.05) is 6.92 Å². The van der Waals surface area contributed by atoms with Crippen LogP contribution in [0.5, 0.6) is 0 Å². The predicted molar refractivity (Wildman–Crippen MR) is 88.5 cm³/mol. The van der Waals surface area contributed by atoms with Gasteiger partial charge < -0.3 is 14.8 Å². The summed E-state index contributed by atoms with van der Waals surface area (Å²) in [5.41, 5.74) is 4.48. The summed E-state index contributed by atoms with van der Waals surface area (Å²) in [6.45, 7) is 2.06. The number of fused-ring (bicyclic) bond motifs is 4. The van der Waals surface area contributed by atoms with Gasteiger partial charge in [0.25, 0.3) is 0 Å². The van der Waals surface area contributed by atoms with Crippen LogP contribution in [0, 0.1) is 0 Å². The van der Waals surface area contributed by atoms with Gasteiger partial charge in [-0.3, -0.25) is 0 Å². The minimum absolute atomic E-state index is 0.0504. The summed E-state index contributed by atoms with van der Waals surface area (Å²) in [6.07, 6.45) is 6.82. The molecule has 0 spiro atoms. The van der Waals surface area contributed by atoms with Gasteiger partial charge in [0.15, 0.2) is 11.4 Å². The first kappa shape index (κ1) is 14.4. The van der Waals surface area contributed by atoms with E-state index in [-0.39, 0.29) is 12.6 Å². The van der Waals surface area contributed by atoms with E-state index in [2.05, 4.69) is 21.4 Å². The molecule has 0 bridgehead atoms. The number of aliphatic hydroxyl groups is 1. The standard InChI is InChI=1S/C17H20N4O2/c1-2-11(8-22)20-16-15-14(18-9-19-16)12-7-10-5-3-4-6-13(10)21-17(12)23-15/h7,9,11,22H,2-6,8H2,1H3,(H,18,19,20). The van der Waals surface area contributed by atoms with Crippen molar-refractivity contribution >= 4 is 28.0 Å². The first-order valence-electron chi connectivity index (χ1n) is 8.23. The Morgan fingerprint density at radius 2 is 2.17 bits per heavy atom. The van der Waals surface area contributed by atoms with Gasteiger partial charge in [0.1, 0.15) is 11.8 Å². The molecule has 1 aliphatic carbocycles. The summed E-state index contributed by atoms with van der Waals surface area (Å²) < 4.78 is 5.96. The quantitative estimate of drug-likeness (QED) is 0.770. The average Bonchev–Trinajstić information content (AvgIpc) is 2.96. The third-order valence-electron chi connectivity index (χ3n) is 4.58. The van der Waals surface area contributed by atoms with Crippen molar-refractivity contribution in [1.82, 2.24) is 15.0 Å². The van der Waals surface area contributed by atoms with Crippen molar-refractivity contribution in [2.75, 3.05) is 11.9 Å². The third kappa shape index (κ3) is 2.43. The molecule has 120 valence electrons. The van der Waals surface area contributed by atoms with E-state index in [1.165, 1.54) is 24.7 Å². The van der Waals surface area contributed by atoms with Crippen LogP contribution >= 0.6 is 0 Å². The fourth-order valence-electron chi connectivity index (χ4n) is 3.19. The Kier molecular flexibility index (Phi) is 3.61. The van der Waals surface area contributed by atoms with E-state index in [1.807, 2.05) is 6.92 Å². The van der Waals surface area contributed by atoms with E-state index < -0.39 is 0 Å². The number of aryl methyl sites for hydroxylation is 2. The molecule has 0 aromatic carbocycles. The van der Waals surface area contributed by atoms with Crippen molar-refractivity contribution in [3.63, 3.8) is 0 Å². The van der Waals surface area contributed by atoms with Crippen molar-refractivity contribution in [3.8, 4) is 0 Å². The van der Waals surface area contributed by atoms with Crippen molar-refractivity contribution in [3.05, 3.63) is 23.7 Å². The van der Waals surface area contributed by atoms with Crippen LogP contribution in [0.2, 0.25) is 0 Å². The minimum atomic E-state index is -0.0533. The average molecular weight is 312 g/mol. The molecule has 3 aromatic heterocycles. The fraction of sp³-hybridized carbons (Fsp3) is 0.471. The van der Waals surface area contributed by atoms with Gasteiger partial charge in [-0.05, 0) is 43.7 Å². The molecule has 4 rings (SSSR count). The highest BCUT2D eigenvalue weighted by Crippen LogP contribution is 2.33. The summed E-state index contributed by atoms with van der Waals surface area (Å²) in [4.78, 5) is 13.4. The topological polar surface area (TPSA) is 84.1 Å². The second kappa shape index (κ2) is 5.77. The number of anilines is 1. The van der Waals surface area contributed by atoms with Crippen LogP contribution in [0.1, 0.15) is 37.4 Å². The first-order valence-corrected chi connectivity index (χ1v) is 8.23. The Morgan fingerprint density at radius 1 is 1.30 bits per heavy atom. The predicted octanol–water partition coefficient (Wildman–Crippen LogP) is 2.83. The Labute approximate surface area is 134 Å². The van der Waals surface area contributed by atoms with Crippen LogP contribution in [0.15, 0.2) is 16.8 Å². The van der Waals surface area contributed by atoms with Gasteiger partial charge in [-0.25, -0.2) is 15.0 Å². The van der Waals surface area contributed by atoms with Crippen molar-refractivity contribution in [1.29, 1.82) is 0 Å². The van der Waals surface area contributed by atoms with Crippen LogP contribution in [0.3, 0.4) is 0 Å². The van der Waals surface area contributed by atoms with Crippen LogP contribution in [-0.4, -0.2) is 32.7 Å². The van der Waals surface area contributed by atoms with Crippen LogP contribution in [0.4, 0.5) is 5.82 Å². The molecule has 3 heterocycles. The van der Waals surface area contributed by atoms with Gasteiger partial charge in [0, 0.05) is 5.69 Å². The summed E-state index contributed by atoms with van der Waals surface area (Å²) in [5, 5.41) is 13.6. The first-order chi connectivity index (χ1) is 11.3. The summed E-state index contributed by atoms with van der Waals surface area (Å²) in [6, 6.07) is 2.12. The highest BCUT2D eigenvalue weighted by atomic mass is 16.3. The lowest BCUT2D eigenvalue weighted by Gasteiger charge is -2.14. The molecular weight excluding hydrogens is 292 g/mol. The normalized spacial score (nSPS) is 15.7. The highest BCUT2D eigenvalue weighted by Gasteiger charge is 2.19. The number of nitrogens with zero attached hydrogens (tertiary/aromatic N) is 3. The summed E-state index contributed by atoms with van der Waals surface area (Å²) >= 11 is 0. The molecule has 0 radical (unpaired) electrons. The maximum Gasteiger partial charge on any atom is 0.229 e. The molecule has 1 unspecified atom stereocenters. The Hall–Kier alpha value is -2.21. The fourth-order valence-corrected chi connectivity index (χ4v) is 3.19.